The molecular formula is C4H9AlCl3FeO3. The van der Waals surface area contributed by atoms with E-state index >= 15 is 0 Å². The number of hydrogen-bond donors (Lipinski definition) is 1. The number of rotatable bonds is 2. The van der Waals surface area contributed by atoms with E-state index in [4.69, 9.17) is 35.4 Å². The fourth-order valence-corrected chi connectivity index (χ4v) is 0.213. The van der Waals surface area contributed by atoms with E-state index in [2.05, 4.69) is 0 Å². The summed E-state index contributed by atoms with van der Waals surface area (Å²) in [7, 11) is 14.7. The van der Waals surface area contributed by atoms with E-state index in [0.717, 1.165) is 0 Å². The van der Waals surface area contributed by atoms with Gasteiger partial charge in [0.05, 0.1) is 0 Å². The average Bonchev–Trinajstić information content (AvgIpc) is 1.56. The summed E-state index contributed by atoms with van der Waals surface area (Å²) in [4.78, 5) is 19.5. The van der Waals surface area contributed by atoms with Crippen LogP contribution in [-0.2, 0) is 20.8 Å². The molecule has 0 rings (SSSR count). The summed E-state index contributed by atoms with van der Waals surface area (Å²) in [5, 5.41) is 7.86. The maximum atomic E-state index is 9.87. The van der Waals surface area contributed by atoms with Crippen molar-refractivity contribution >= 4 is 59.4 Å². The van der Waals surface area contributed by atoms with E-state index in [1.807, 2.05) is 0 Å². The summed E-state index contributed by atoms with van der Waals surface area (Å²) in [5.41, 5.74) is 0. The summed E-state index contributed by atoms with van der Waals surface area (Å²) in [6.07, 6.45) is -0.361. The molecule has 0 unspecified atom stereocenters. The van der Waals surface area contributed by atoms with Crippen LogP contribution >= 0.6 is 30.3 Å². The molecule has 0 radical (unpaired) electrons. The van der Waals surface area contributed by atoms with E-state index in [1.165, 1.54) is 6.92 Å². The van der Waals surface area contributed by atoms with Gasteiger partial charge in [0.15, 0.2) is 17.4 Å². The van der Waals surface area contributed by atoms with Gasteiger partial charge in [0, 0.05) is 0 Å². The van der Waals surface area contributed by atoms with Crippen LogP contribution < -0.4 is 0 Å². The summed E-state index contributed by atoms with van der Waals surface area (Å²) in [6, 6.07) is 0. The van der Waals surface area contributed by atoms with Crippen LogP contribution in [0.2, 0.25) is 0 Å². The molecule has 12 heavy (non-hydrogen) atoms. The number of carboxylic acid groups (broad SMARTS) is 1. The molecule has 0 aromatic carbocycles. The zero-order chi connectivity index (χ0) is 9.44. The van der Waals surface area contributed by atoms with Crippen LogP contribution in [0.15, 0.2) is 0 Å². The summed E-state index contributed by atoms with van der Waals surface area (Å²) < 4.78 is 0. The SMILES string of the molecule is CC(=O)CC(=O)O.[AlH3].[Cl][Fe]([Cl])[Cl]. The first-order valence-corrected chi connectivity index (χ1v) is 6.80. The fraction of sp³-hybridized carbons (Fsp3) is 0.500. The first-order valence-electron chi connectivity index (χ1n) is 2.24. The van der Waals surface area contributed by atoms with E-state index in [0.29, 0.717) is 0 Å². The van der Waals surface area contributed by atoms with Crippen LogP contribution in [0.5, 0.6) is 0 Å². The number of hydrogen-bond acceptors (Lipinski definition) is 2. The predicted molar refractivity (Wildman–Crippen MR) is 50.4 cm³/mol. The van der Waals surface area contributed by atoms with E-state index in [1.54, 1.807) is 0 Å². The molecule has 0 bridgehead atoms. The summed E-state index contributed by atoms with van der Waals surface area (Å²) in [6.45, 7) is 1.24. The zero-order valence-corrected chi connectivity index (χ0v) is 8.83. The van der Waals surface area contributed by atoms with Crippen molar-refractivity contribution in [1.29, 1.82) is 0 Å². The van der Waals surface area contributed by atoms with Gasteiger partial charge in [-0.15, -0.1) is 0 Å². The Labute approximate surface area is 98.0 Å². The summed E-state index contributed by atoms with van der Waals surface area (Å²) >= 11 is -1.33. The topological polar surface area (TPSA) is 54.4 Å². The van der Waals surface area contributed by atoms with Crippen LogP contribution in [-0.4, -0.2) is 34.2 Å². The molecule has 0 saturated heterocycles. The van der Waals surface area contributed by atoms with Crippen molar-refractivity contribution in [2.75, 3.05) is 0 Å². The van der Waals surface area contributed by atoms with Gasteiger partial charge in [-0.1, -0.05) is 0 Å². The first kappa shape index (κ1) is 18.8. The van der Waals surface area contributed by atoms with Crippen LogP contribution in [0.3, 0.4) is 0 Å². The van der Waals surface area contributed by atoms with Crippen molar-refractivity contribution in [2.24, 2.45) is 0 Å². The van der Waals surface area contributed by atoms with Gasteiger partial charge in [0.25, 0.3) is 0 Å². The third-order valence-electron chi connectivity index (χ3n) is 0.400. The standard InChI is InChI=1S/C4H6O3.Al.3ClH.Fe.3H/c1-3(5)2-4(6)7;;;;;;;;/h2H2,1H3,(H,6,7);;3*1H;;;;/q;;;;;+3;;;/p-3. The molecule has 75 valence electrons. The number of Topliss-reactive ketones (excluding diaryl/α,β-unsaturated/α-hetero) is 1. The van der Waals surface area contributed by atoms with Gasteiger partial charge < -0.3 is 5.11 Å². The van der Waals surface area contributed by atoms with Crippen molar-refractivity contribution in [3.05, 3.63) is 0 Å². The normalized spacial score (nSPS) is 8.50. The Morgan fingerprint density at radius 1 is 1.33 bits per heavy atom. The molecule has 0 aliphatic rings. The van der Waals surface area contributed by atoms with E-state index in [9.17, 15) is 9.59 Å². The second-order valence-corrected chi connectivity index (χ2v) is 6.90. The number of halogens is 3. The number of carbonyl (C=O) groups excluding carboxylic acids is 1. The van der Waals surface area contributed by atoms with Gasteiger partial charge in [0.2, 0.25) is 0 Å². The molecule has 0 aromatic heterocycles. The van der Waals surface area contributed by atoms with E-state index < -0.39 is 17.1 Å². The third kappa shape index (κ3) is 43.7. The molecule has 0 atom stereocenters. The first-order chi connectivity index (χ1) is 4.86. The second-order valence-electron chi connectivity index (χ2n) is 1.42. The van der Waals surface area contributed by atoms with Crippen molar-refractivity contribution in [2.45, 2.75) is 13.3 Å². The molecule has 0 aliphatic heterocycles. The summed E-state index contributed by atoms with van der Waals surface area (Å²) in [5.74, 6) is -1.37. The Balaban J connectivity index is -0.000000142. The number of ketones is 1. The van der Waals surface area contributed by atoms with Gasteiger partial charge in [-0.2, -0.15) is 0 Å². The number of carbonyl (C=O) groups is 2. The van der Waals surface area contributed by atoms with Crippen LogP contribution in [0.4, 0.5) is 0 Å². The van der Waals surface area contributed by atoms with Crippen LogP contribution in [0, 0.1) is 0 Å². The molecule has 0 aliphatic carbocycles. The molecule has 0 heterocycles. The fourth-order valence-electron chi connectivity index (χ4n) is 0.213. The Kier molecular flexibility index (Phi) is 18.9. The number of carboxylic acids is 1. The Hall–Kier alpha value is 1.06. The molecule has 0 aromatic rings. The van der Waals surface area contributed by atoms with Gasteiger partial charge in [-0.25, -0.2) is 0 Å². The van der Waals surface area contributed by atoms with E-state index in [-0.39, 0.29) is 29.6 Å². The Bertz CT molecular complexity index is 129. The third-order valence-corrected chi connectivity index (χ3v) is 0.400. The molecule has 0 spiro atoms. The van der Waals surface area contributed by atoms with Crippen LogP contribution in [0.1, 0.15) is 13.3 Å². The minimum absolute atomic E-state index is 0. The molecule has 3 nitrogen and oxygen atoms in total. The second kappa shape index (κ2) is 12.1. The maximum absolute atomic E-state index is 9.87. The van der Waals surface area contributed by atoms with Gasteiger partial charge in [-0.05, 0) is 6.92 Å². The van der Waals surface area contributed by atoms with Gasteiger partial charge in [0.1, 0.15) is 12.2 Å². The molecule has 1 N–H and O–H groups in total. The molecule has 0 saturated carbocycles. The predicted octanol–water partition coefficient (Wildman–Crippen LogP) is 0.932. The molecule has 0 amide bonds. The Morgan fingerprint density at radius 3 is 1.58 bits per heavy atom. The van der Waals surface area contributed by atoms with Crippen molar-refractivity contribution in [1.82, 2.24) is 0 Å². The zero-order valence-electron chi connectivity index (χ0n) is 5.46. The molecule has 0 fully saturated rings. The molecule has 8 heteroatoms. The number of aliphatic carboxylic acids is 1. The van der Waals surface area contributed by atoms with Gasteiger partial charge in [-0.3, -0.25) is 9.59 Å². The van der Waals surface area contributed by atoms with Gasteiger partial charge >= 0.3 is 47.4 Å². The monoisotopic (exact) mass is 293 g/mol. The van der Waals surface area contributed by atoms with Crippen LogP contribution in [0.25, 0.3) is 0 Å². The van der Waals surface area contributed by atoms with Crippen molar-refractivity contribution in [3.63, 3.8) is 0 Å². The minimum atomic E-state index is -1.33. The molecular weight excluding hydrogens is 285 g/mol. The van der Waals surface area contributed by atoms with Crippen molar-refractivity contribution < 1.29 is 25.9 Å². The Morgan fingerprint density at radius 2 is 1.58 bits per heavy atom. The van der Waals surface area contributed by atoms with Crippen molar-refractivity contribution in [3.8, 4) is 0 Å². The average molecular weight is 294 g/mol. The quantitative estimate of drug-likeness (QED) is 0.609.